The van der Waals surface area contributed by atoms with Gasteiger partial charge in [0.25, 0.3) is 5.91 Å². The first kappa shape index (κ1) is 12.8. The van der Waals surface area contributed by atoms with E-state index in [1.54, 1.807) is 31.4 Å². The monoisotopic (exact) mass is 354 g/mol. The Balaban J connectivity index is 2.09. The molecule has 92 valence electrons. The number of halogens is 1. The zero-order chi connectivity index (χ0) is 13.0. The molecular weight excluding hydrogens is 343 g/mol. The smallest absolute Gasteiger partial charge is 0.272 e. The van der Waals surface area contributed by atoms with E-state index in [0.29, 0.717) is 17.0 Å². The molecule has 5 heteroatoms. The van der Waals surface area contributed by atoms with E-state index in [9.17, 15) is 4.79 Å². The van der Waals surface area contributed by atoms with Crippen LogP contribution in [-0.4, -0.2) is 11.6 Å². The lowest BCUT2D eigenvalue weighted by Gasteiger charge is -2.03. The average molecular weight is 354 g/mol. The van der Waals surface area contributed by atoms with Gasteiger partial charge < -0.3 is 4.42 Å². The summed E-state index contributed by atoms with van der Waals surface area (Å²) < 4.78 is 6.06. The summed E-state index contributed by atoms with van der Waals surface area (Å²) in [4.78, 5) is 11.9. The van der Waals surface area contributed by atoms with Crippen molar-refractivity contribution < 1.29 is 9.21 Å². The van der Waals surface area contributed by atoms with E-state index in [4.69, 9.17) is 4.42 Å². The molecule has 18 heavy (non-hydrogen) atoms. The van der Waals surface area contributed by atoms with Crippen LogP contribution < -0.4 is 5.43 Å². The van der Waals surface area contributed by atoms with Crippen molar-refractivity contribution in [3.63, 3.8) is 0 Å². The van der Waals surface area contributed by atoms with Gasteiger partial charge in [-0.2, -0.15) is 5.10 Å². The minimum absolute atomic E-state index is 0.231. The second kappa shape index (κ2) is 5.81. The lowest BCUT2D eigenvalue weighted by molar-refractivity contribution is 0.0954. The van der Waals surface area contributed by atoms with Crippen molar-refractivity contribution in [2.75, 3.05) is 0 Å². The van der Waals surface area contributed by atoms with Gasteiger partial charge in [0, 0.05) is 3.57 Å². The van der Waals surface area contributed by atoms with Crippen LogP contribution in [0.4, 0.5) is 0 Å². The molecule has 1 N–H and O–H groups in total. The fourth-order valence-electron chi connectivity index (χ4n) is 1.38. The van der Waals surface area contributed by atoms with Crippen LogP contribution >= 0.6 is 22.6 Å². The molecule has 2 aromatic rings. The number of hydrogen-bond acceptors (Lipinski definition) is 3. The van der Waals surface area contributed by atoms with Crippen LogP contribution in [-0.2, 0) is 0 Å². The second-order valence-electron chi connectivity index (χ2n) is 3.60. The summed E-state index contributed by atoms with van der Waals surface area (Å²) >= 11 is 2.12. The summed E-state index contributed by atoms with van der Waals surface area (Å²) in [6.45, 7) is 1.77. The Kier molecular flexibility index (Phi) is 4.14. The summed E-state index contributed by atoms with van der Waals surface area (Å²) in [7, 11) is 0. The minimum atomic E-state index is -0.231. The first-order valence-corrected chi connectivity index (χ1v) is 6.39. The van der Waals surface area contributed by atoms with E-state index < -0.39 is 0 Å². The van der Waals surface area contributed by atoms with E-state index >= 15 is 0 Å². The fourth-order valence-corrected chi connectivity index (χ4v) is 2.01. The first-order chi connectivity index (χ1) is 8.68. The molecule has 1 aromatic carbocycles. The molecule has 0 bridgehead atoms. The zero-order valence-electron chi connectivity index (χ0n) is 9.68. The summed E-state index contributed by atoms with van der Waals surface area (Å²) in [6, 6.07) is 10.9. The molecule has 1 aromatic heterocycles. The minimum Gasteiger partial charge on any atom is -0.463 e. The van der Waals surface area contributed by atoms with Crippen molar-refractivity contribution in [1.82, 2.24) is 5.43 Å². The molecule has 0 aliphatic rings. The van der Waals surface area contributed by atoms with Crippen molar-refractivity contribution in [2.24, 2.45) is 5.10 Å². The molecule has 1 heterocycles. The Morgan fingerprint density at radius 2 is 2.06 bits per heavy atom. The van der Waals surface area contributed by atoms with Crippen LogP contribution in [0.15, 0.2) is 52.2 Å². The van der Waals surface area contributed by atoms with Gasteiger partial charge >= 0.3 is 0 Å². The Hall–Kier alpha value is -1.63. The van der Waals surface area contributed by atoms with Gasteiger partial charge in [-0.15, -0.1) is 0 Å². The predicted molar refractivity (Wildman–Crippen MR) is 77.5 cm³/mol. The highest BCUT2D eigenvalue weighted by Crippen LogP contribution is 2.11. The molecule has 1 amide bonds. The van der Waals surface area contributed by atoms with Gasteiger partial charge in [0.1, 0.15) is 11.5 Å². The summed E-state index contributed by atoms with van der Waals surface area (Å²) in [5.74, 6) is 0.406. The van der Waals surface area contributed by atoms with Crippen LogP contribution in [0.2, 0.25) is 0 Å². The van der Waals surface area contributed by atoms with Gasteiger partial charge in [-0.3, -0.25) is 4.79 Å². The van der Waals surface area contributed by atoms with Crippen molar-refractivity contribution in [3.8, 4) is 0 Å². The van der Waals surface area contributed by atoms with E-state index in [1.165, 1.54) is 0 Å². The molecule has 0 spiro atoms. The number of carbonyl (C=O) groups is 1. The van der Waals surface area contributed by atoms with Gasteiger partial charge in [0.05, 0.1) is 11.8 Å². The lowest BCUT2D eigenvalue weighted by atomic mass is 10.2. The Morgan fingerprint density at radius 1 is 1.28 bits per heavy atom. The number of nitrogens with one attached hydrogen (secondary N) is 1. The molecule has 0 unspecified atom stereocenters. The van der Waals surface area contributed by atoms with Gasteiger partial charge in [0.15, 0.2) is 0 Å². The molecule has 0 radical (unpaired) electrons. The standard InChI is InChI=1S/C13H11IN2O2/c1-9(12-7-4-8-18-12)15-16-13(17)10-5-2-3-6-11(10)14/h2-8H,1H3,(H,16,17). The van der Waals surface area contributed by atoms with Gasteiger partial charge in [-0.05, 0) is 53.8 Å². The number of furan rings is 1. The zero-order valence-corrected chi connectivity index (χ0v) is 11.8. The van der Waals surface area contributed by atoms with E-state index in [-0.39, 0.29) is 5.91 Å². The Labute approximate surface area is 118 Å². The van der Waals surface area contributed by atoms with Crippen LogP contribution in [0.5, 0.6) is 0 Å². The third kappa shape index (κ3) is 2.98. The second-order valence-corrected chi connectivity index (χ2v) is 4.76. The first-order valence-electron chi connectivity index (χ1n) is 5.31. The summed E-state index contributed by atoms with van der Waals surface area (Å²) in [6.07, 6.45) is 1.57. The Bertz CT molecular complexity index is 576. The van der Waals surface area contributed by atoms with E-state index in [2.05, 4.69) is 33.1 Å². The number of carbonyl (C=O) groups excluding carboxylic acids is 1. The molecule has 0 saturated heterocycles. The van der Waals surface area contributed by atoms with Crippen LogP contribution in [0.3, 0.4) is 0 Å². The number of amides is 1. The topological polar surface area (TPSA) is 54.6 Å². The molecule has 0 fully saturated rings. The van der Waals surface area contributed by atoms with Gasteiger partial charge in [0.2, 0.25) is 0 Å². The highest BCUT2D eigenvalue weighted by atomic mass is 127. The summed E-state index contributed by atoms with van der Waals surface area (Å²) in [5, 5.41) is 4.00. The van der Waals surface area contributed by atoms with Crippen molar-refractivity contribution in [3.05, 3.63) is 57.6 Å². The third-order valence-electron chi connectivity index (χ3n) is 2.32. The largest absolute Gasteiger partial charge is 0.463 e. The molecule has 0 atom stereocenters. The highest BCUT2D eigenvalue weighted by molar-refractivity contribution is 14.1. The number of benzene rings is 1. The maximum absolute atomic E-state index is 11.9. The normalized spacial score (nSPS) is 11.3. The molecule has 0 aliphatic heterocycles. The molecule has 4 nitrogen and oxygen atoms in total. The van der Waals surface area contributed by atoms with Crippen molar-refractivity contribution >= 4 is 34.2 Å². The SMILES string of the molecule is CC(=NNC(=O)c1ccccc1I)c1ccco1. The Morgan fingerprint density at radius 3 is 2.72 bits per heavy atom. The average Bonchev–Trinajstić information content (AvgIpc) is 2.90. The maximum Gasteiger partial charge on any atom is 0.272 e. The highest BCUT2D eigenvalue weighted by Gasteiger charge is 2.08. The maximum atomic E-state index is 11.9. The van der Waals surface area contributed by atoms with Crippen LogP contribution in [0.1, 0.15) is 23.0 Å². The van der Waals surface area contributed by atoms with Gasteiger partial charge in [-0.25, -0.2) is 5.43 Å². The summed E-state index contributed by atoms with van der Waals surface area (Å²) in [5.41, 5.74) is 3.74. The molecule has 0 aliphatic carbocycles. The van der Waals surface area contributed by atoms with Crippen molar-refractivity contribution in [2.45, 2.75) is 6.92 Å². The molecule has 0 saturated carbocycles. The van der Waals surface area contributed by atoms with Gasteiger partial charge in [-0.1, -0.05) is 12.1 Å². The van der Waals surface area contributed by atoms with E-state index in [0.717, 1.165) is 3.57 Å². The van der Waals surface area contributed by atoms with Crippen LogP contribution in [0.25, 0.3) is 0 Å². The molecule has 2 rings (SSSR count). The number of nitrogens with zero attached hydrogens (tertiary/aromatic N) is 1. The van der Waals surface area contributed by atoms with Crippen molar-refractivity contribution in [1.29, 1.82) is 0 Å². The lowest BCUT2D eigenvalue weighted by Crippen LogP contribution is -2.20. The van der Waals surface area contributed by atoms with Crippen LogP contribution in [0, 0.1) is 3.57 Å². The number of rotatable bonds is 3. The third-order valence-corrected chi connectivity index (χ3v) is 3.26. The molecular formula is C13H11IN2O2. The number of hydrogen-bond donors (Lipinski definition) is 1. The predicted octanol–water partition coefficient (Wildman–Crippen LogP) is 3.04. The van der Waals surface area contributed by atoms with E-state index in [1.807, 2.05) is 18.2 Å². The quantitative estimate of drug-likeness (QED) is 0.523. The number of hydrazone groups is 1. The fraction of sp³-hybridized carbons (Fsp3) is 0.0769.